The van der Waals surface area contributed by atoms with Crippen molar-refractivity contribution in [1.82, 2.24) is 10.6 Å². The Labute approximate surface area is 130 Å². The van der Waals surface area contributed by atoms with E-state index >= 15 is 0 Å². The zero-order chi connectivity index (χ0) is 15.9. The Morgan fingerprint density at radius 3 is 2.55 bits per heavy atom. The maximum Gasteiger partial charge on any atom is 0.315 e. The molecule has 3 amide bonds. The second kappa shape index (κ2) is 7.68. The van der Waals surface area contributed by atoms with Crippen molar-refractivity contribution >= 4 is 11.9 Å². The lowest BCUT2D eigenvalue weighted by molar-refractivity contribution is -0.121. The van der Waals surface area contributed by atoms with Gasteiger partial charge >= 0.3 is 6.03 Å². The van der Waals surface area contributed by atoms with E-state index in [1.165, 1.54) is 0 Å². The molecule has 1 aromatic rings. The number of urea groups is 1. The molecule has 0 heterocycles. The Morgan fingerprint density at radius 2 is 2.00 bits per heavy atom. The number of hydrogen-bond donors (Lipinski definition) is 3. The van der Waals surface area contributed by atoms with Gasteiger partial charge in [0.05, 0.1) is 12.5 Å². The average Bonchev–Trinajstić information content (AvgIpc) is 3.29. The lowest BCUT2D eigenvalue weighted by Gasteiger charge is -2.15. The summed E-state index contributed by atoms with van der Waals surface area (Å²) in [4.78, 5) is 23.1. The van der Waals surface area contributed by atoms with E-state index in [0.717, 1.165) is 24.2 Å². The van der Waals surface area contributed by atoms with Gasteiger partial charge in [-0.05, 0) is 43.9 Å². The average molecular weight is 305 g/mol. The fraction of sp³-hybridized carbons (Fsp3) is 0.500. The molecule has 6 heteroatoms. The van der Waals surface area contributed by atoms with Crippen LogP contribution in [0.25, 0.3) is 0 Å². The Hall–Kier alpha value is -2.24. The highest BCUT2D eigenvalue weighted by Crippen LogP contribution is 2.18. The molecule has 0 unspecified atom stereocenters. The molecule has 0 saturated heterocycles. The smallest absolute Gasteiger partial charge is 0.315 e. The van der Waals surface area contributed by atoms with Crippen LogP contribution < -0.4 is 21.1 Å². The molecule has 1 aromatic carbocycles. The standard InChI is InChI=1S/C16H23N3O3/c1-2-22-14-7-3-11(4-8-14)9-12(15(17)20)10-18-16(21)19-13-5-6-13/h3-4,7-8,12-13H,2,5-6,9-10H2,1H3,(H2,17,20)(H2,18,19,21)/t12-/m0/s1. The monoisotopic (exact) mass is 305 g/mol. The number of carbonyl (C=O) groups is 2. The third-order valence-corrected chi connectivity index (χ3v) is 3.54. The number of carbonyl (C=O) groups excluding carboxylic acids is 2. The van der Waals surface area contributed by atoms with E-state index in [4.69, 9.17) is 10.5 Å². The van der Waals surface area contributed by atoms with Crippen molar-refractivity contribution < 1.29 is 14.3 Å². The van der Waals surface area contributed by atoms with Gasteiger partial charge in [-0.3, -0.25) is 4.79 Å². The van der Waals surface area contributed by atoms with Crippen LogP contribution in [0.4, 0.5) is 4.79 Å². The Balaban J connectivity index is 1.84. The maximum atomic E-state index is 11.6. The maximum absolute atomic E-state index is 11.6. The van der Waals surface area contributed by atoms with Gasteiger partial charge in [-0.25, -0.2) is 4.79 Å². The van der Waals surface area contributed by atoms with Crippen LogP contribution in [0, 0.1) is 5.92 Å². The minimum Gasteiger partial charge on any atom is -0.494 e. The van der Waals surface area contributed by atoms with Crippen molar-refractivity contribution in [2.24, 2.45) is 11.7 Å². The van der Waals surface area contributed by atoms with Crippen LogP contribution in [-0.4, -0.2) is 31.1 Å². The fourth-order valence-electron chi connectivity index (χ4n) is 2.13. The largest absolute Gasteiger partial charge is 0.494 e. The van der Waals surface area contributed by atoms with Crippen molar-refractivity contribution in [2.45, 2.75) is 32.2 Å². The quantitative estimate of drug-likeness (QED) is 0.673. The molecule has 1 saturated carbocycles. The van der Waals surface area contributed by atoms with Crippen molar-refractivity contribution in [3.05, 3.63) is 29.8 Å². The summed E-state index contributed by atoms with van der Waals surface area (Å²) < 4.78 is 5.38. The number of hydrogen-bond acceptors (Lipinski definition) is 3. The topological polar surface area (TPSA) is 93.4 Å². The summed E-state index contributed by atoms with van der Waals surface area (Å²) in [5, 5.41) is 5.53. The van der Waals surface area contributed by atoms with Crippen LogP contribution in [0.5, 0.6) is 5.75 Å². The Morgan fingerprint density at radius 1 is 1.32 bits per heavy atom. The van der Waals surface area contributed by atoms with E-state index in [2.05, 4.69) is 10.6 Å². The number of nitrogens with one attached hydrogen (secondary N) is 2. The minimum atomic E-state index is -0.428. The normalized spacial score (nSPS) is 15.0. The zero-order valence-electron chi connectivity index (χ0n) is 12.8. The number of primary amides is 1. The van der Waals surface area contributed by atoms with Gasteiger partial charge in [0.2, 0.25) is 5.91 Å². The number of nitrogens with two attached hydrogens (primary N) is 1. The fourth-order valence-corrected chi connectivity index (χ4v) is 2.13. The second-order valence-electron chi connectivity index (χ2n) is 5.51. The summed E-state index contributed by atoms with van der Waals surface area (Å²) in [5.41, 5.74) is 6.41. The summed E-state index contributed by atoms with van der Waals surface area (Å²) in [5.74, 6) is -0.0488. The lowest BCUT2D eigenvalue weighted by Crippen LogP contribution is -2.42. The summed E-state index contributed by atoms with van der Waals surface area (Å²) >= 11 is 0. The molecule has 1 aliphatic carbocycles. The van der Waals surface area contributed by atoms with Crippen molar-refractivity contribution in [1.29, 1.82) is 0 Å². The zero-order valence-corrected chi connectivity index (χ0v) is 12.8. The SMILES string of the molecule is CCOc1ccc(C[C@@H](CNC(=O)NC2CC2)C(N)=O)cc1. The first-order valence-corrected chi connectivity index (χ1v) is 7.64. The first kappa shape index (κ1) is 16.1. The molecule has 2 rings (SSSR count). The molecule has 0 aromatic heterocycles. The second-order valence-corrected chi connectivity index (χ2v) is 5.51. The Bertz CT molecular complexity index is 512. The van der Waals surface area contributed by atoms with E-state index in [1.807, 2.05) is 31.2 Å². The van der Waals surface area contributed by atoms with Crippen molar-refractivity contribution in [2.75, 3.05) is 13.2 Å². The summed E-state index contributed by atoms with van der Waals surface area (Å²) in [6, 6.07) is 7.60. The van der Waals surface area contributed by atoms with E-state index in [-0.39, 0.29) is 18.6 Å². The first-order chi connectivity index (χ1) is 10.6. The van der Waals surface area contributed by atoms with E-state index < -0.39 is 11.8 Å². The third-order valence-electron chi connectivity index (χ3n) is 3.54. The molecule has 0 aliphatic heterocycles. The van der Waals surface area contributed by atoms with Gasteiger partial charge in [0.25, 0.3) is 0 Å². The van der Waals surface area contributed by atoms with E-state index in [0.29, 0.717) is 13.0 Å². The molecule has 120 valence electrons. The molecular weight excluding hydrogens is 282 g/mol. The van der Waals surface area contributed by atoms with Crippen LogP contribution in [0.3, 0.4) is 0 Å². The molecule has 22 heavy (non-hydrogen) atoms. The first-order valence-electron chi connectivity index (χ1n) is 7.64. The summed E-state index contributed by atoms with van der Waals surface area (Å²) in [6.45, 7) is 2.78. The molecular formula is C16H23N3O3. The lowest BCUT2D eigenvalue weighted by atomic mass is 9.98. The van der Waals surface area contributed by atoms with Gasteiger partial charge in [-0.15, -0.1) is 0 Å². The highest BCUT2D eigenvalue weighted by molar-refractivity contribution is 5.79. The molecule has 1 aliphatic rings. The van der Waals surface area contributed by atoms with Crippen LogP contribution in [0.1, 0.15) is 25.3 Å². The molecule has 6 nitrogen and oxygen atoms in total. The Kier molecular flexibility index (Phi) is 5.63. The molecule has 0 spiro atoms. The molecule has 1 fully saturated rings. The van der Waals surface area contributed by atoms with Crippen molar-refractivity contribution in [3.63, 3.8) is 0 Å². The van der Waals surface area contributed by atoms with Gasteiger partial charge < -0.3 is 21.1 Å². The number of amides is 3. The van der Waals surface area contributed by atoms with Gasteiger partial charge in [0.15, 0.2) is 0 Å². The van der Waals surface area contributed by atoms with E-state index in [9.17, 15) is 9.59 Å². The minimum absolute atomic E-state index is 0.236. The van der Waals surface area contributed by atoms with Gasteiger partial charge in [-0.1, -0.05) is 12.1 Å². The van der Waals surface area contributed by atoms with E-state index in [1.54, 1.807) is 0 Å². The predicted octanol–water partition coefficient (Wildman–Crippen LogP) is 1.19. The highest BCUT2D eigenvalue weighted by Gasteiger charge is 2.24. The van der Waals surface area contributed by atoms with Crippen molar-refractivity contribution in [3.8, 4) is 5.75 Å². The van der Waals surface area contributed by atoms with Gasteiger partial charge in [0.1, 0.15) is 5.75 Å². The molecule has 1 atom stereocenters. The van der Waals surface area contributed by atoms with Gasteiger partial charge in [-0.2, -0.15) is 0 Å². The molecule has 4 N–H and O–H groups in total. The number of rotatable bonds is 8. The number of ether oxygens (including phenoxy) is 1. The number of benzene rings is 1. The van der Waals surface area contributed by atoms with Gasteiger partial charge in [0, 0.05) is 12.6 Å². The summed E-state index contributed by atoms with van der Waals surface area (Å²) in [6.07, 6.45) is 2.54. The molecule has 0 radical (unpaired) electrons. The third kappa shape index (κ3) is 5.27. The highest BCUT2D eigenvalue weighted by atomic mass is 16.5. The van der Waals surface area contributed by atoms with Crippen LogP contribution in [0.15, 0.2) is 24.3 Å². The predicted molar refractivity (Wildman–Crippen MR) is 83.6 cm³/mol. The van der Waals surface area contributed by atoms with Crippen LogP contribution in [0.2, 0.25) is 0 Å². The van der Waals surface area contributed by atoms with Crippen LogP contribution >= 0.6 is 0 Å². The molecule has 0 bridgehead atoms. The van der Waals surface area contributed by atoms with Crippen LogP contribution in [-0.2, 0) is 11.2 Å². The summed E-state index contributed by atoms with van der Waals surface area (Å²) in [7, 11) is 0.